The van der Waals surface area contributed by atoms with Crippen LogP contribution in [0.25, 0.3) is 16.6 Å². The Morgan fingerprint density at radius 3 is 2.72 bits per heavy atom. The molecule has 0 bridgehead atoms. The molecule has 0 saturated carbocycles. The first kappa shape index (κ1) is 19.9. The molecule has 0 radical (unpaired) electrons. The minimum Gasteiger partial charge on any atom is -0.338 e. The van der Waals surface area contributed by atoms with Gasteiger partial charge in [-0.05, 0) is 41.8 Å². The van der Waals surface area contributed by atoms with Crippen LogP contribution in [0.5, 0.6) is 0 Å². The van der Waals surface area contributed by atoms with E-state index < -0.39 is 0 Å². The van der Waals surface area contributed by atoms with Crippen LogP contribution in [0.15, 0.2) is 79.5 Å². The van der Waals surface area contributed by atoms with Crippen LogP contribution in [0.3, 0.4) is 0 Å². The maximum Gasteiger partial charge on any atom is 0.254 e. The Hall–Kier alpha value is -4.00. The third-order valence-electron chi connectivity index (χ3n) is 5.88. The lowest BCUT2D eigenvalue weighted by molar-refractivity contribution is -0.121. The van der Waals surface area contributed by atoms with Crippen LogP contribution in [0.1, 0.15) is 23.2 Å². The zero-order chi connectivity index (χ0) is 21.9. The Morgan fingerprint density at radius 1 is 1.03 bits per heavy atom. The highest BCUT2D eigenvalue weighted by Gasteiger charge is 2.29. The van der Waals surface area contributed by atoms with Gasteiger partial charge in [0.25, 0.3) is 5.91 Å². The quantitative estimate of drug-likeness (QED) is 0.538. The maximum absolute atomic E-state index is 13.3. The smallest absolute Gasteiger partial charge is 0.254 e. The molecular formula is C25H23N5O2. The molecule has 2 amide bonds. The first-order valence-electron chi connectivity index (χ1n) is 10.7. The summed E-state index contributed by atoms with van der Waals surface area (Å²) in [4.78, 5) is 36.4. The van der Waals surface area contributed by atoms with E-state index in [9.17, 15) is 9.59 Å². The Bertz CT molecular complexity index is 1250. The van der Waals surface area contributed by atoms with Gasteiger partial charge < -0.3 is 10.2 Å². The summed E-state index contributed by atoms with van der Waals surface area (Å²) in [7, 11) is 0. The Morgan fingerprint density at radius 2 is 1.91 bits per heavy atom. The molecule has 1 atom stereocenters. The van der Waals surface area contributed by atoms with Gasteiger partial charge in [-0.1, -0.05) is 36.4 Å². The summed E-state index contributed by atoms with van der Waals surface area (Å²) in [6, 6.07) is 17.3. The molecule has 4 aromatic rings. The van der Waals surface area contributed by atoms with E-state index in [1.165, 1.54) is 0 Å². The molecule has 0 unspecified atom stereocenters. The largest absolute Gasteiger partial charge is 0.338 e. The number of nitrogens with zero attached hydrogens (tertiary/aromatic N) is 4. The molecule has 7 heteroatoms. The summed E-state index contributed by atoms with van der Waals surface area (Å²) in [6.45, 7) is 1.07. The molecule has 160 valence electrons. The normalized spacial score (nSPS) is 16.1. The molecule has 1 saturated heterocycles. The molecule has 1 N–H and O–H groups in total. The molecule has 0 spiro atoms. The van der Waals surface area contributed by atoms with E-state index in [2.05, 4.69) is 15.3 Å². The predicted octanol–water partition coefficient (Wildman–Crippen LogP) is 3.91. The molecule has 5 rings (SSSR count). The molecule has 7 nitrogen and oxygen atoms in total. The highest BCUT2D eigenvalue weighted by atomic mass is 16.2. The number of fused-ring (bicyclic) bond motifs is 1. The summed E-state index contributed by atoms with van der Waals surface area (Å²) >= 11 is 0. The number of nitrogens with one attached hydrogen (secondary N) is 1. The molecule has 0 aliphatic carbocycles. The summed E-state index contributed by atoms with van der Waals surface area (Å²) in [5, 5.41) is 4.93. The molecule has 32 heavy (non-hydrogen) atoms. The minimum atomic E-state index is -0.254. The predicted molar refractivity (Wildman–Crippen MR) is 123 cm³/mol. The summed E-state index contributed by atoms with van der Waals surface area (Å²) in [6.07, 6.45) is 8.35. The number of hydrogen-bond donors (Lipinski definition) is 1. The van der Waals surface area contributed by atoms with Crippen molar-refractivity contribution in [3.8, 4) is 5.82 Å². The van der Waals surface area contributed by atoms with Gasteiger partial charge in [0.05, 0.1) is 17.8 Å². The van der Waals surface area contributed by atoms with Gasteiger partial charge in [-0.25, -0.2) is 9.97 Å². The number of carbonyl (C=O) groups excluding carboxylic acids is 2. The third kappa shape index (κ3) is 3.97. The minimum absolute atomic E-state index is 0.0225. The number of anilines is 1. The van der Waals surface area contributed by atoms with Gasteiger partial charge in [0.2, 0.25) is 5.91 Å². The Kier molecular flexibility index (Phi) is 5.37. The average molecular weight is 425 g/mol. The van der Waals surface area contributed by atoms with E-state index in [0.29, 0.717) is 24.3 Å². The molecule has 3 heterocycles. The molecule has 1 aliphatic heterocycles. The fourth-order valence-electron chi connectivity index (χ4n) is 4.21. The van der Waals surface area contributed by atoms with Gasteiger partial charge in [-0.2, -0.15) is 0 Å². The number of rotatable bonds is 4. The highest BCUT2D eigenvalue weighted by Crippen LogP contribution is 2.24. The van der Waals surface area contributed by atoms with Crippen LogP contribution in [-0.2, 0) is 4.79 Å². The fourth-order valence-corrected chi connectivity index (χ4v) is 4.21. The number of pyridine rings is 1. The molecule has 2 aromatic carbocycles. The molecule has 2 aromatic heterocycles. The number of amides is 2. The zero-order valence-electron chi connectivity index (χ0n) is 17.5. The van der Waals surface area contributed by atoms with Gasteiger partial charge in [-0.3, -0.25) is 14.2 Å². The lowest BCUT2D eigenvalue weighted by Crippen LogP contribution is -2.43. The lowest BCUT2D eigenvalue weighted by Gasteiger charge is -2.32. The van der Waals surface area contributed by atoms with Crippen LogP contribution < -0.4 is 5.32 Å². The number of aromatic nitrogens is 3. The maximum atomic E-state index is 13.3. The molecule has 1 aliphatic rings. The molecule has 1 fully saturated rings. The second kappa shape index (κ2) is 8.63. The second-order valence-electron chi connectivity index (χ2n) is 7.98. The van der Waals surface area contributed by atoms with E-state index in [-0.39, 0.29) is 17.7 Å². The van der Waals surface area contributed by atoms with Gasteiger partial charge >= 0.3 is 0 Å². The summed E-state index contributed by atoms with van der Waals surface area (Å²) in [5.41, 5.74) is 1.32. The SMILES string of the molecule is O=C(Nc1ccc(-n2ccnc2)nc1)[C@H]1CCCN(C(=O)c2cccc3ccccc23)C1. The van der Waals surface area contributed by atoms with E-state index >= 15 is 0 Å². The first-order chi connectivity index (χ1) is 15.7. The monoisotopic (exact) mass is 425 g/mol. The van der Waals surface area contributed by atoms with Crippen molar-refractivity contribution in [2.45, 2.75) is 12.8 Å². The van der Waals surface area contributed by atoms with Crippen molar-refractivity contribution in [1.82, 2.24) is 19.4 Å². The van der Waals surface area contributed by atoms with Gasteiger partial charge in [0.15, 0.2) is 0 Å². The van der Waals surface area contributed by atoms with Crippen molar-refractivity contribution in [3.05, 3.63) is 85.1 Å². The standard InChI is InChI=1S/C25H23N5O2/c31-24(28-20-10-11-23(27-15-20)30-14-12-26-17-30)19-7-4-13-29(16-19)25(32)22-9-3-6-18-5-1-2-8-21(18)22/h1-3,5-6,8-12,14-15,17,19H,4,7,13,16H2,(H,28,31)/t19-/m0/s1. The number of likely N-dealkylation sites (tertiary alicyclic amines) is 1. The van der Waals surface area contributed by atoms with Crippen LogP contribution in [0, 0.1) is 5.92 Å². The summed E-state index contributed by atoms with van der Waals surface area (Å²) in [5.74, 6) is 0.365. The Balaban J connectivity index is 1.27. The number of piperidine rings is 1. The van der Waals surface area contributed by atoms with E-state index in [0.717, 1.165) is 29.4 Å². The van der Waals surface area contributed by atoms with Crippen LogP contribution in [0.4, 0.5) is 5.69 Å². The number of carbonyl (C=O) groups is 2. The fraction of sp³-hybridized carbons (Fsp3) is 0.200. The van der Waals surface area contributed by atoms with E-state index in [1.54, 1.807) is 28.2 Å². The van der Waals surface area contributed by atoms with Crippen molar-refractivity contribution in [1.29, 1.82) is 0 Å². The topological polar surface area (TPSA) is 80.1 Å². The van der Waals surface area contributed by atoms with Gasteiger partial charge in [0.1, 0.15) is 12.1 Å². The highest BCUT2D eigenvalue weighted by molar-refractivity contribution is 6.07. The second-order valence-corrected chi connectivity index (χ2v) is 7.98. The van der Waals surface area contributed by atoms with Crippen LogP contribution in [-0.4, -0.2) is 44.3 Å². The van der Waals surface area contributed by atoms with Crippen molar-refractivity contribution in [3.63, 3.8) is 0 Å². The molecular weight excluding hydrogens is 402 g/mol. The number of benzene rings is 2. The van der Waals surface area contributed by atoms with Gasteiger partial charge in [0, 0.05) is 31.0 Å². The average Bonchev–Trinajstić information content (AvgIpc) is 3.39. The third-order valence-corrected chi connectivity index (χ3v) is 5.88. The van der Waals surface area contributed by atoms with Crippen molar-refractivity contribution in [2.24, 2.45) is 5.92 Å². The van der Waals surface area contributed by atoms with Crippen molar-refractivity contribution < 1.29 is 9.59 Å². The number of hydrogen-bond acceptors (Lipinski definition) is 4. The first-order valence-corrected chi connectivity index (χ1v) is 10.7. The van der Waals surface area contributed by atoms with Crippen LogP contribution >= 0.6 is 0 Å². The zero-order valence-corrected chi connectivity index (χ0v) is 17.5. The van der Waals surface area contributed by atoms with Crippen LogP contribution in [0.2, 0.25) is 0 Å². The van der Waals surface area contributed by atoms with Crippen molar-refractivity contribution >= 4 is 28.3 Å². The van der Waals surface area contributed by atoms with Gasteiger partial charge in [-0.15, -0.1) is 0 Å². The van der Waals surface area contributed by atoms with E-state index in [1.807, 2.05) is 60.8 Å². The summed E-state index contributed by atoms with van der Waals surface area (Å²) < 4.78 is 1.80. The van der Waals surface area contributed by atoms with Crippen molar-refractivity contribution in [2.75, 3.05) is 18.4 Å². The Labute approximate surface area is 185 Å². The lowest BCUT2D eigenvalue weighted by atomic mass is 9.95. The number of imidazole rings is 1. The van der Waals surface area contributed by atoms with E-state index in [4.69, 9.17) is 0 Å².